The standard InChI is InChI=1S/C17H23FN2/c1-2-17-7-3-4-11-20(17)13-15-8-9-16(18)12-14(15)6-5-10-19/h8-9,12,17H,2-4,7,10-11,13,19H2,1H3. The summed E-state index contributed by atoms with van der Waals surface area (Å²) in [5.74, 6) is 5.59. The molecule has 0 aliphatic carbocycles. The van der Waals surface area contributed by atoms with Crippen molar-refractivity contribution in [2.75, 3.05) is 13.1 Å². The minimum absolute atomic E-state index is 0.235. The average molecular weight is 274 g/mol. The fourth-order valence-electron chi connectivity index (χ4n) is 2.90. The van der Waals surface area contributed by atoms with Crippen LogP contribution >= 0.6 is 0 Å². The minimum Gasteiger partial charge on any atom is -0.320 e. The number of rotatable bonds is 3. The number of benzene rings is 1. The Kier molecular flexibility index (Phi) is 5.58. The van der Waals surface area contributed by atoms with Gasteiger partial charge in [-0.2, -0.15) is 0 Å². The summed E-state index contributed by atoms with van der Waals surface area (Å²) in [6, 6.07) is 5.54. The molecule has 1 saturated heterocycles. The van der Waals surface area contributed by atoms with Gasteiger partial charge in [-0.25, -0.2) is 4.39 Å². The van der Waals surface area contributed by atoms with E-state index in [-0.39, 0.29) is 5.82 Å². The summed E-state index contributed by atoms with van der Waals surface area (Å²) in [7, 11) is 0. The lowest BCUT2D eigenvalue weighted by molar-refractivity contribution is 0.136. The molecule has 1 aromatic rings. The molecule has 0 spiro atoms. The molecule has 108 valence electrons. The van der Waals surface area contributed by atoms with Crippen LogP contribution in [0, 0.1) is 17.7 Å². The number of likely N-dealkylation sites (tertiary alicyclic amines) is 1. The van der Waals surface area contributed by atoms with Crippen molar-refractivity contribution in [3.8, 4) is 11.8 Å². The number of nitrogens with two attached hydrogens (primary N) is 1. The predicted octanol–water partition coefficient (Wildman–Crippen LogP) is 2.90. The fourth-order valence-corrected chi connectivity index (χ4v) is 2.90. The van der Waals surface area contributed by atoms with Crippen LogP contribution < -0.4 is 5.73 Å². The summed E-state index contributed by atoms with van der Waals surface area (Å²) < 4.78 is 13.4. The second-order valence-electron chi connectivity index (χ2n) is 5.34. The number of hydrogen-bond acceptors (Lipinski definition) is 2. The van der Waals surface area contributed by atoms with Crippen molar-refractivity contribution >= 4 is 0 Å². The van der Waals surface area contributed by atoms with E-state index in [1.807, 2.05) is 6.07 Å². The van der Waals surface area contributed by atoms with Gasteiger partial charge < -0.3 is 5.73 Å². The second kappa shape index (κ2) is 7.42. The number of nitrogens with zero attached hydrogens (tertiary/aromatic N) is 1. The van der Waals surface area contributed by atoms with Gasteiger partial charge in [0, 0.05) is 18.2 Å². The molecule has 2 N–H and O–H groups in total. The highest BCUT2D eigenvalue weighted by Gasteiger charge is 2.21. The monoisotopic (exact) mass is 274 g/mol. The van der Waals surface area contributed by atoms with Gasteiger partial charge in [-0.1, -0.05) is 31.3 Å². The van der Waals surface area contributed by atoms with E-state index >= 15 is 0 Å². The zero-order valence-electron chi connectivity index (χ0n) is 12.2. The molecule has 0 radical (unpaired) electrons. The first-order chi connectivity index (χ1) is 9.74. The second-order valence-corrected chi connectivity index (χ2v) is 5.34. The Bertz CT molecular complexity index is 501. The highest BCUT2D eigenvalue weighted by atomic mass is 19.1. The maximum atomic E-state index is 13.4. The van der Waals surface area contributed by atoms with Crippen LogP contribution in [0.3, 0.4) is 0 Å². The molecule has 1 aliphatic rings. The number of piperidine rings is 1. The predicted molar refractivity (Wildman–Crippen MR) is 80.7 cm³/mol. The highest BCUT2D eigenvalue weighted by molar-refractivity contribution is 5.42. The lowest BCUT2D eigenvalue weighted by Gasteiger charge is -2.35. The van der Waals surface area contributed by atoms with E-state index in [9.17, 15) is 4.39 Å². The van der Waals surface area contributed by atoms with Crippen molar-refractivity contribution in [2.45, 2.75) is 45.2 Å². The average Bonchev–Trinajstić information content (AvgIpc) is 2.48. The molecule has 3 heteroatoms. The van der Waals surface area contributed by atoms with Crippen LogP contribution in [0.5, 0.6) is 0 Å². The molecule has 0 amide bonds. The molecule has 1 fully saturated rings. The van der Waals surface area contributed by atoms with Crippen LogP contribution in [0.4, 0.5) is 4.39 Å². The van der Waals surface area contributed by atoms with Crippen molar-refractivity contribution in [3.05, 3.63) is 35.1 Å². The van der Waals surface area contributed by atoms with Crippen LogP contribution in [0.25, 0.3) is 0 Å². The molecule has 1 atom stereocenters. The Morgan fingerprint density at radius 2 is 2.25 bits per heavy atom. The van der Waals surface area contributed by atoms with Crippen LogP contribution in [0.15, 0.2) is 18.2 Å². The Morgan fingerprint density at radius 1 is 1.40 bits per heavy atom. The molecule has 20 heavy (non-hydrogen) atoms. The van der Waals surface area contributed by atoms with Gasteiger partial charge in [-0.15, -0.1) is 0 Å². The maximum absolute atomic E-state index is 13.4. The van der Waals surface area contributed by atoms with Crippen molar-refractivity contribution in [2.24, 2.45) is 5.73 Å². The van der Waals surface area contributed by atoms with Crippen molar-refractivity contribution < 1.29 is 4.39 Å². The van der Waals surface area contributed by atoms with Gasteiger partial charge in [0.2, 0.25) is 0 Å². The summed E-state index contributed by atoms with van der Waals surface area (Å²) >= 11 is 0. The van der Waals surface area contributed by atoms with Gasteiger partial charge in [0.25, 0.3) is 0 Å². The van der Waals surface area contributed by atoms with E-state index in [0.29, 0.717) is 12.6 Å². The molecule has 0 bridgehead atoms. The third-order valence-electron chi connectivity index (χ3n) is 3.99. The van der Waals surface area contributed by atoms with Crippen molar-refractivity contribution in [3.63, 3.8) is 0 Å². The van der Waals surface area contributed by atoms with E-state index in [1.165, 1.54) is 37.8 Å². The third kappa shape index (κ3) is 3.82. The molecule has 2 nitrogen and oxygen atoms in total. The zero-order chi connectivity index (χ0) is 14.4. The molecule has 1 aliphatic heterocycles. The van der Waals surface area contributed by atoms with Gasteiger partial charge in [-0.3, -0.25) is 4.90 Å². The summed E-state index contributed by atoms with van der Waals surface area (Å²) in [6.45, 7) is 4.52. The van der Waals surface area contributed by atoms with Gasteiger partial charge in [0.1, 0.15) is 5.82 Å². The van der Waals surface area contributed by atoms with Crippen LogP contribution in [-0.2, 0) is 6.54 Å². The fraction of sp³-hybridized carbons (Fsp3) is 0.529. The Balaban J connectivity index is 2.19. The van der Waals surface area contributed by atoms with E-state index < -0.39 is 0 Å². The van der Waals surface area contributed by atoms with E-state index in [1.54, 1.807) is 0 Å². The topological polar surface area (TPSA) is 29.3 Å². The maximum Gasteiger partial charge on any atom is 0.124 e. The van der Waals surface area contributed by atoms with Crippen LogP contribution in [0.1, 0.15) is 43.7 Å². The quantitative estimate of drug-likeness (QED) is 0.859. The van der Waals surface area contributed by atoms with Gasteiger partial charge in [0.05, 0.1) is 6.54 Å². The molecule has 1 aromatic carbocycles. The first-order valence-electron chi connectivity index (χ1n) is 7.46. The smallest absolute Gasteiger partial charge is 0.124 e. The van der Waals surface area contributed by atoms with Gasteiger partial charge in [0.15, 0.2) is 0 Å². The summed E-state index contributed by atoms with van der Waals surface area (Å²) in [5, 5.41) is 0. The Labute approximate surface area is 121 Å². The normalized spacial score (nSPS) is 19.4. The SMILES string of the molecule is CCC1CCCCN1Cc1ccc(F)cc1C#CCN. The van der Waals surface area contributed by atoms with Gasteiger partial charge >= 0.3 is 0 Å². The number of hydrogen-bond donors (Lipinski definition) is 1. The van der Waals surface area contributed by atoms with Gasteiger partial charge in [-0.05, 0) is 43.5 Å². The first kappa shape index (κ1) is 15.0. The van der Waals surface area contributed by atoms with Crippen LogP contribution in [-0.4, -0.2) is 24.0 Å². The Morgan fingerprint density at radius 3 is 3.00 bits per heavy atom. The largest absolute Gasteiger partial charge is 0.320 e. The first-order valence-corrected chi connectivity index (χ1v) is 7.46. The highest BCUT2D eigenvalue weighted by Crippen LogP contribution is 2.23. The lowest BCUT2D eigenvalue weighted by Crippen LogP contribution is -2.38. The summed E-state index contributed by atoms with van der Waals surface area (Å²) in [6.07, 6.45) is 5.01. The molecule has 1 heterocycles. The molecule has 2 rings (SSSR count). The third-order valence-corrected chi connectivity index (χ3v) is 3.99. The van der Waals surface area contributed by atoms with Crippen molar-refractivity contribution in [1.82, 2.24) is 4.90 Å². The molecule has 0 saturated carbocycles. The molecular weight excluding hydrogens is 251 g/mol. The zero-order valence-corrected chi connectivity index (χ0v) is 12.2. The molecule has 1 unspecified atom stereocenters. The molecule has 0 aromatic heterocycles. The Hall–Kier alpha value is -1.37. The van der Waals surface area contributed by atoms with E-state index in [2.05, 4.69) is 23.7 Å². The summed E-state index contributed by atoms with van der Waals surface area (Å²) in [5.41, 5.74) is 7.29. The van der Waals surface area contributed by atoms with Crippen molar-refractivity contribution in [1.29, 1.82) is 0 Å². The van der Waals surface area contributed by atoms with E-state index in [0.717, 1.165) is 24.2 Å². The lowest BCUT2D eigenvalue weighted by atomic mass is 9.98. The summed E-state index contributed by atoms with van der Waals surface area (Å²) in [4.78, 5) is 2.50. The van der Waals surface area contributed by atoms with E-state index in [4.69, 9.17) is 5.73 Å². The number of halogens is 1. The van der Waals surface area contributed by atoms with Crippen LogP contribution in [0.2, 0.25) is 0 Å². The molecular formula is C17H23FN2. The minimum atomic E-state index is -0.235.